The molecule has 1 rings (SSSR count). The molecule has 0 atom stereocenters. The molecule has 44 valence electrons. The maximum absolute atomic E-state index is 5.57. The summed E-state index contributed by atoms with van der Waals surface area (Å²) in [7, 11) is 0. The standard InChI is InChI=1S/C5H6ClNS/c1-8-5-3-2-4(6)7-5/h2-3,7H,1H3. The maximum atomic E-state index is 5.57. The topological polar surface area (TPSA) is 15.8 Å². The largest absolute Gasteiger partial charge is 0.341 e. The van der Waals surface area contributed by atoms with Crippen LogP contribution in [0.1, 0.15) is 0 Å². The molecule has 0 aliphatic rings. The molecule has 8 heavy (non-hydrogen) atoms. The zero-order chi connectivity index (χ0) is 5.98. The van der Waals surface area contributed by atoms with Crippen molar-refractivity contribution in [1.29, 1.82) is 0 Å². The van der Waals surface area contributed by atoms with Gasteiger partial charge < -0.3 is 4.98 Å². The van der Waals surface area contributed by atoms with Crippen molar-refractivity contribution in [2.75, 3.05) is 6.26 Å². The minimum atomic E-state index is 0.703. The minimum absolute atomic E-state index is 0.703. The Morgan fingerprint density at radius 2 is 2.38 bits per heavy atom. The Morgan fingerprint density at radius 1 is 1.62 bits per heavy atom. The van der Waals surface area contributed by atoms with Crippen LogP contribution in [0.3, 0.4) is 0 Å². The summed E-state index contributed by atoms with van der Waals surface area (Å²) in [4.78, 5) is 2.95. The Labute approximate surface area is 57.4 Å². The average Bonchev–Trinajstić information content (AvgIpc) is 2.14. The van der Waals surface area contributed by atoms with E-state index in [0.29, 0.717) is 5.15 Å². The van der Waals surface area contributed by atoms with Crippen LogP contribution in [0.2, 0.25) is 5.15 Å². The molecule has 0 spiro atoms. The first-order chi connectivity index (χ1) is 3.83. The second-order valence-corrected chi connectivity index (χ2v) is 2.63. The minimum Gasteiger partial charge on any atom is -0.341 e. The van der Waals surface area contributed by atoms with E-state index in [1.54, 1.807) is 11.8 Å². The molecule has 0 aromatic carbocycles. The van der Waals surface area contributed by atoms with E-state index in [2.05, 4.69) is 4.98 Å². The van der Waals surface area contributed by atoms with Crippen LogP contribution >= 0.6 is 23.4 Å². The summed E-state index contributed by atoms with van der Waals surface area (Å²) in [6, 6.07) is 3.79. The van der Waals surface area contributed by atoms with E-state index in [-0.39, 0.29) is 0 Å². The van der Waals surface area contributed by atoms with Gasteiger partial charge in [0.2, 0.25) is 0 Å². The molecule has 0 saturated carbocycles. The van der Waals surface area contributed by atoms with E-state index in [1.165, 1.54) is 0 Å². The summed E-state index contributed by atoms with van der Waals surface area (Å²) in [6.07, 6.45) is 2.00. The molecule has 0 aliphatic heterocycles. The lowest BCUT2D eigenvalue weighted by molar-refractivity contribution is 1.21. The van der Waals surface area contributed by atoms with Gasteiger partial charge >= 0.3 is 0 Å². The predicted octanol–water partition coefficient (Wildman–Crippen LogP) is 2.39. The summed E-state index contributed by atoms with van der Waals surface area (Å²) >= 11 is 7.22. The Balaban J connectivity index is 2.84. The van der Waals surface area contributed by atoms with Crippen LogP contribution in [0, 0.1) is 0 Å². The van der Waals surface area contributed by atoms with Crippen molar-refractivity contribution in [3.63, 3.8) is 0 Å². The fourth-order valence-electron chi connectivity index (χ4n) is 0.469. The summed E-state index contributed by atoms with van der Waals surface area (Å²) in [5, 5.41) is 1.81. The van der Waals surface area contributed by atoms with Gasteiger partial charge in [-0.25, -0.2) is 0 Å². The number of hydrogen-bond acceptors (Lipinski definition) is 1. The van der Waals surface area contributed by atoms with Gasteiger partial charge in [0, 0.05) is 0 Å². The molecule has 0 bridgehead atoms. The highest BCUT2D eigenvalue weighted by Gasteiger charge is 1.90. The van der Waals surface area contributed by atoms with Crippen LogP contribution in [0.25, 0.3) is 0 Å². The lowest BCUT2D eigenvalue weighted by atomic mass is 10.7. The van der Waals surface area contributed by atoms with Crippen molar-refractivity contribution in [2.45, 2.75) is 5.03 Å². The van der Waals surface area contributed by atoms with Crippen molar-refractivity contribution in [1.82, 2.24) is 4.98 Å². The second-order valence-electron chi connectivity index (χ2n) is 1.37. The lowest BCUT2D eigenvalue weighted by Crippen LogP contribution is -1.62. The van der Waals surface area contributed by atoms with Crippen LogP contribution in [0.4, 0.5) is 0 Å². The van der Waals surface area contributed by atoms with Crippen molar-refractivity contribution >= 4 is 23.4 Å². The number of aromatic amines is 1. The molecule has 0 unspecified atom stereocenters. The van der Waals surface area contributed by atoms with Crippen LogP contribution in [0.5, 0.6) is 0 Å². The Kier molecular flexibility index (Phi) is 1.86. The summed E-state index contributed by atoms with van der Waals surface area (Å²) in [5.74, 6) is 0. The quantitative estimate of drug-likeness (QED) is 0.604. The zero-order valence-electron chi connectivity index (χ0n) is 4.44. The third-order valence-electron chi connectivity index (χ3n) is 0.844. The third-order valence-corrected chi connectivity index (χ3v) is 1.74. The zero-order valence-corrected chi connectivity index (χ0v) is 6.01. The Bertz CT molecular complexity index is 173. The molecular formula is C5H6ClNS. The van der Waals surface area contributed by atoms with Gasteiger partial charge in [-0.1, -0.05) is 11.6 Å². The molecule has 0 fully saturated rings. The van der Waals surface area contributed by atoms with Crippen molar-refractivity contribution in [2.24, 2.45) is 0 Å². The van der Waals surface area contributed by atoms with E-state index < -0.39 is 0 Å². The van der Waals surface area contributed by atoms with Gasteiger partial charge in [-0.3, -0.25) is 0 Å². The van der Waals surface area contributed by atoms with Crippen molar-refractivity contribution < 1.29 is 0 Å². The smallest absolute Gasteiger partial charge is 0.107 e. The van der Waals surface area contributed by atoms with Gasteiger partial charge in [0.25, 0.3) is 0 Å². The van der Waals surface area contributed by atoms with Gasteiger partial charge in [0.1, 0.15) is 5.15 Å². The normalized spacial score (nSPS) is 9.75. The Hall–Kier alpha value is -0.0800. The van der Waals surface area contributed by atoms with Gasteiger partial charge in [-0.2, -0.15) is 0 Å². The predicted molar refractivity (Wildman–Crippen MR) is 37.6 cm³/mol. The van der Waals surface area contributed by atoms with Gasteiger partial charge in [-0.05, 0) is 18.4 Å². The third kappa shape index (κ3) is 1.20. The SMILES string of the molecule is CSc1ccc(Cl)[nH]1. The molecule has 1 aromatic rings. The number of H-pyrrole nitrogens is 1. The summed E-state index contributed by atoms with van der Waals surface area (Å²) in [5.41, 5.74) is 0. The van der Waals surface area contributed by atoms with E-state index in [0.717, 1.165) is 5.03 Å². The molecular weight excluding hydrogens is 142 g/mol. The molecule has 1 heterocycles. The number of hydrogen-bond donors (Lipinski definition) is 1. The van der Waals surface area contributed by atoms with E-state index in [1.807, 2.05) is 18.4 Å². The summed E-state index contributed by atoms with van der Waals surface area (Å²) in [6.45, 7) is 0. The monoisotopic (exact) mass is 147 g/mol. The summed E-state index contributed by atoms with van der Waals surface area (Å²) < 4.78 is 0. The average molecular weight is 148 g/mol. The van der Waals surface area contributed by atoms with Crippen molar-refractivity contribution in [3.8, 4) is 0 Å². The first-order valence-electron chi connectivity index (χ1n) is 2.21. The highest BCUT2D eigenvalue weighted by molar-refractivity contribution is 7.98. The molecule has 1 aromatic heterocycles. The van der Waals surface area contributed by atoms with E-state index in [9.17, 15) is 0 Å². The number of halogens is 1. The molecule has 0 radical (unpaired) electrons. The van der Waals surface area contributed by atoms with Gasteiger partial charge in [-0.15, -0.1) is 11.8 Å². The van der Waals surface area contributed by atoms with Crippen LogP contribution in [0.15, 0.2) is 17.2 Å². The van der Waals surface area contributed by atoms with E-state index >= 15 is 0 Å². The first kappa shape index (κ1) is 6.05. The van der Waals surface area contributed by atoms with Crippen LogP contribution in [-0.2, 0) is 0 Å². The molecule has 1 nitrogen and oxygen atoms in total. The molecule has 0 amide bonds. The number of thioether (sulfide) groups is 1. The molecule has 1 N–H and O–H groups in total. The maximum Gasteiger partial charge on any atom is 0.107 e. The van der Waals surface area contributed by atoms with Gasteiger partial charge in [0.05, 0.1) is 5.03 Å². The van der Waals surface area contributed by atoms with Crippen LogP contribution in [-0.4, -0.2) is 11.2 Å². The highest BCUT2D eigenvalue weighted by atomic mass is 35.5. The number of rotatable bonds is 1. The Morgan fingerprint density at radius 3 is 2.62 bits per heavy atom. The molecule has 0 aliphatic carbocycles. The van der Waals surface area contributed by atoms with Crippen molar-refractivity contribution in [3.05, 3.63) is 17.3 Å². The molecule has 0 saturated heterocycles. The lowest BCUT2D eigenvalue weighted by Gasteiger charge is -1.83. The number of nitrogens with one attached hydrogen (secondary N) is 1. The highest BCUT2D eigenvalue weighted by Crippen LogP contribution is 2.15. The first-order valence-corrected chi connectivity index (χ1v) is 3.81. The van der Waals surface area contributed by atoms with Crippen LogP contribution < -0.4 is 0 Å². The van der Waals surface area contributed by atoms with E-state index in [4.69, 9.17) is 11.6 Å². The number of aromatic nitrogens is 1. The molecule has 3 heteroatoms. The fraction of sp³-hybridized carbons (Fsp3) is 0.200. The second kappa shape index (κ2) is 2.46. The fourth-order valence-corrected chi connectivity index (χ4v) is 1.11. The van der Waals surface area contributed by atoms with Gasteiger partial charge in [0.15, 0.2) is 0 Å².